The number of benzene rings is 1. The van der Waals surface area contributed by atoms with Gasteiger partial charge in [0.1, 0.15) is 5.76 Å². The predicted molar refractivity (Wildman–Crippen MR) is 102 cm³/mol. The van der Waals surface area contributed by atoms with Gasteiger partial charge in [-0.05, 0) is 36.8 Å². The summed E-state index contributed by atoms with van der Waals surface area (Å²) in [4.78, 5) is 28.1. The largest absolute Gasteiger partial charge is 0.469 e. The summed E-state index contributed by atoms with van der Waals surface area (Å²) in [5.41, 5.74) is 1.73. The molecule has 0 saturated carbocycles. The van der Waals surface area contributed by atoms with Crippen LogP contribution in [0, 0.1) is 0 Å². The van der Waals surface area contributed by atoms with E-state index in [0.717, 1.165) is 21.5 Å². The van der Waals surface area contributed by atoms with Gasteiger partial charge in [-0.2, -0.15) is 0 Å². The number of hydrogen-bond donors (Lipinski definition) is 2. The van der Waals surface area contributed by atoms with Crippen molar-refractivity contribution in [1.29, 1.82) is 0 Å². The first-order chi connectivity index (χ1) is 12.5. The van der Waals surface area contributed by atoms with Crippen molar-refractivity contribution < 1.29 is 14.0 Å². The number of fused-ring (bicyclic) bond motifs is 1. The minimum atomic E-state index is -0.0609. The summed E-state index contributed by atoms with van der Waals surface area (Å²) in [6.07, 6.45) is 3.00. The summed E-state index contributed by atoms with van der Waals surface area (Å²) in [6.45, 7) is 3.75. The second-order valence-corrected chi connectivity index (χ2v) is 7.18. The molecular weight excluding hydrogens is 350 g/mol. The summed E-state index contributed by atoms with van der Waals surface area (Å²) >= 11 is 1.41. The Kier molecular flexibility index (Phi) is 5.68. The predicted octanol–water partition coefficient (Wildman–Crippen LogP) is 3.53. The second-order valence-electron chi connectivity index (χ2n) is 6.15. The zero-order valence-corrected chi connectivity index (χ0v) is 15.6. The minimum absolute atomic E-state index is 0.00311. The van der Waals surface area contributed by atoms with Gasteiger partial charge in [0, 0.05) is 18.9 Å². The minimum Gasteiger partial charge on any atom is -0.469 e. The third-order valence-electron chi connectivity index (χ3n) is 3.88. The molecule has 0 spiro atoms. The van der Waals surface area contributed by atoms with Crippen LogP contribution >= 0.6 is 11.3 Å². The molecule has 2 aromatic heterocycles. The van der Waals surface area contributed by atoms with Gasteiger partial charge in [0.25, 0.3) is 0 Å². The van der Waals surface area contributed by atoms with Crippen molar-refractivity contribution in [2.24, 2.45) is 0 Å². The van der Waals surface area contributed by atoms with E-state index in [-0.39, 0.29) is 17.9 Å². The number of hydrogen-bond acceptors (Lipinski definition) is 5. The Morgan fingerprint density at radius 1 is 1.27 bits per heavy atom. The van der Waals surface area contributed by atoms with Gasteiger partial charge in [-0.25, -0.2) is 4.98 Å². The Morgan fingerprint density at radius 3 is 2.85 bits per heavy atom. The fourth-order valence-electron chi connectivity index (χ4n) is 2.63. The molecule has 1 atom stereocenters. The van der Waals surface area contributed by atoms with Crippen LogP contribution in [-0.4, -0.2) is 22.8 Å². The average molecular weight is 371 g/mol. The van der Waals surface area contributed by atoms with E-state index in [1.807, 2.05) is 37.3 Å². The molecule has 1 aromatic carbocycles. The molecule has 0 aliphatic heterocycles. The average Bonchev–Trinajstić information content (AvgIpc) is 3.23. The molecule has 2 heterocycles. The van der Waals surface area contributed by atoms with Crippen LogP contribution in [0.3, 0.4) is 0 Å². The van der Waals surface area contributed by atoms with Gasteiger partial charge < -0.3 is 15.1 Å². The molecule has 0 bridgehead atoms. The molecule has 1 unspecified atom stereocenters. The lowest BCUT2D eigenvalue weighted by Gasteiger charge is -2.12. The Labute approximate surface area is 155 Å². The highest BCUT2D eigenvalue weighted by Crippen LogP contribution is 2.27. The fourth-order valence-corrected chi connectivity index (χ4v) is 3.58. The molecule has 0 fully saturated rings. The van der Waals surface area contributed by atoms with E-state index in [0.29, 0.717) is 24.4 Å². The smallest absolute Gasteiger partial charge is 0.225 e. The molecule has 7 heteroatoms. The normalized spacial score (nSPS) is 12.1. The van der Waals surface area contributed by atoms with E-state index in [4.69, 9.17) is 4.42 Å². The van der Waals surface area contributed by atoms with Crippen molar-refractivity contribution in [3.05, 3.63) is 47.9 Å². The van der Waals surface area contributed by atoms with Gasteiger partial charge in [-0.3, -0.25) is 9.59 Å². The van der Waals surface area contributed by atoms with Crippen molar-refractivity contribution in [2.75, 3.05) is 5.32 Å². The summed E-state index contributed by atoms with van der Waals surface area (Å²) in [5, 5.41) is 6.34. The van der Waals surface area contributed by atoms with Gasteiger partial charge in [0.2, 0.25) is 11.8 Å². The topological polar surface area (TPSA) is 84.2 Å². The number of nitrogens with one attached hydrogen (secondary N) is 2. The van der Waals surface area contributed by atoms with E-state index in [1.54, 1.807) is 13.2 Å². The zero-order chi connectivity index (χ0) is 18.5. The number of aromatic nitrogens is 1. The van der Waals surface area contributed by atoms with Gasteiger partial charge >= 0.3 is 0 Å². The molecule has 0 saturated heterocycles. The van der Waals surface area contributed by atoms with Gasteiger partial charge in [0.05, 0.1) is 22.9 Å². The number of furan rings is 1. The molecule has 136 valence electrons. The maximum atomic E-state index is 12.3. The number of amides is 2. The Bertz CT molecular complexity index is 902. The molecule has 2 N–H and O–H groups in total. The molecule has 0 aliphatic carbocycles. The number of rotatable bonds is 7. The van der Waals surface area contributed by atoms with Crippen LogP contribution in [0.4, 0.5) is 5.13 Å². The van der Waals surface area contributed by atoms with Crippen LogP contribution in [0.2, 0.25) is 0 Å². The highest BCUT2D eigenvalue weighted by molar-refractivity contribution is 7.22. The summed E-state index contributed by atoms with van der Waals surface area (Å²) in [5.74, 6) is 0.757. The number of anilines is 1. The number of carbonyl (C=O) groups is 2. The van der Waals surface area contributed by atoms with Crippen molar-refractivity contribution in [3.8, 4) is 0 Å². The number of carbonyl (C=O) groups excluding carboxylic acids is 2. The molecule has 6 nitrogen and oxygen atoms in total. The maximum Gasteiger partial charge on any atom is 0.225 e. The Hall–Kier alpha value is -2.67. The van der Waals surface area contributed by atoms with Crippen molar-refractivity contribution in [1.82, 2.24) is 10.3 Å². The molecular formula is C19H21N3O3S. The van der Waals surface area contributed by atoms with Crippen molar-refractivity contribution in [2.45, 2.75) is 39.2 Å². The first kappa shape index (κ1) is 18.1. The van der Waals surface area contributed by atoms with Crippen LogP contribution in [0.1, 0.15) is 31.6 Å². The van der Waals surface area contributed by atoms with Crippen molar-refractivity contribution >= 4 is 38.5 Å². The van der Waals surface area contributed by atoms with Gasteiger partial charge in [-0.15, -0.1) is 0 Å². The lowest BCUT2D eigenvalue weighted by molar-refractivity contribution is -0.121. The monoisotopic (exact) mass is 371 g/mol. The van der Waals surface area contributed by atoms with Crippen LogP contribution < -0.4 is 10.6 Å². The van der Waals surface area contributed by atoms with Crippen LogP contribution in [0.25, 0.3) is 10.2 Å². The Morgan fingerprint density at radius 2 is 2.12 bits per heavy atom. The van der Waals surface area contributed by atoms with E-state index >= 15 is 0 Å². The maximum absolute atomic E-state index is 12.3. The highest BCUT2D eigenvalue weighted by Gasteiger charge is 2.12. The van der Waals surface area contributed by atoms with E-state index in [1.165, 1.54) is 11.3 Å². The van der Waals surface area contributed by atoms with Crippen LogP contribution in [0.5, 0.6) is 0 Å². The van der Waals surface area contributed by atoms with E-state index in [2.05, 4.69) is 15.6 Å². The molecule has 26 heavy (non-hydrogen) atoms. The van der Waals surface area contributed by atoms with Gasteiger partial charge in [-0.1, -0.05) is 24.3 Å². The molecule has 3 rings (SSSR count). The lowest BCUT2D eigenvalue weighted by Crippen LogP contribution is -2.35. The summed E-state index contributed by atoms with van der Waals surface area (Å²) in [7, 11) is 0. The second kappa shape index (κ2) is 8.14. The van der Waals surface area contributed by atoms with E-state index in [9.17, 15) is 9.59 Å². The number of nitrogens with zero attached hydrogens (tertiary/aromatic N) is 1. The zero-order valence-electron chi connectivity index (χ0n) is 14.7. The van der Waals surface area contributed by atoms with Gasteiger partial charge in [0.15, 0.2) is 5.13 Å². The Balaban J connectivity index is 1.60. The molecule has 2 amide bonds. The third kappa shape index (κ3) is 4.70. The summed E-state index contributed by atoms with van der Waals surface area (Å²) < 4.78 is 6.25. The lowest BCUT2D eigenvalue weighted by atomic mass is 10.1. The first-order valence-corrected chi connectivity index (χ1v) is 9.36. The molecule has 3 aromatic rings. The van der Waals surface area contributed by atoms with E-state index < -0.39 is 0 Å². The molecule has 0 radical (unpaired) electrons. The summed E-state index contributed by atoms with van der Waals surface area (Å²) in [6, 6.07) is 9.45. The molecule has 0 aliphatic rings. The third-order valence-corrected chi connectivity index (χ3v) is 4.81. The van der Waals surface area contributed by atoms with Crippen LogP contribution in [0.15, 0.2) is 41.0 Å². The highest BCUT2D eigenvalue weighted by atomic mass is 32.1. The first-order valence-electron chi connectivity index (χ1n) is 8.54. The standard InChI is InChI=1S/C19H21N3O3S/c1-3-17(23)22-19-21-15-7-6-13(10-16(15)26-19)11-18(24)20-12(2)9-14-5-4-8-25-14/h4-8,10,12H,3,9,11H2,1-2H3,(H,20,24)(H,21,22,23). The van der Waals surface area contributed by atoms with Crippen molar-refractivity contribution in [3.63, 3.8) is 0 Å². The van der Waals surface area contributed by atoms with Crippen LogP contribution in [-0.2, 0) is 22.4 Å². The quantitative estimate of drug-likeness (QED) is 0.665. The fraction of sp³-hybridized carbons (Fsp3) is 0.316. The number of thiazole rings is 1. The SMILES string of the molecule is CCC(=O)Nc1nc2ccc(CC(=O)NC(C)Cc3ccco3)cc2s1.